The molecule has 1 aromatic carbocycles. The molecule has 0 spiro atoms. The van der Waals surface area contributed by atoms with Gasteiger partial charge in [-0.25, -0.2) is 0 Å². The second-order valence-electron chi connectivity index (χ2n) is 4.88. The molecule has 1 rings (SSSR count). The summed E-state index contributed by atoms with van der Waals surface area (Å²) in [7, 11) is 5.54. The molecule has 0 amide bonds. The molecule has 0 radical (unpaired) electrons. The zero-order chi connectivity index (χ0) is 14.6. The largest absolute Gasteiger partial charge is 0.496 e. The van der Waals surface area contributed by atoms with Crippen molar-refractivity contribution in [3.05, 3.63) is 28.2 Å². The Morgan fingerprint density at radius 1 is 1.47 bits per heavy atom. The molecule has 2 atom stereocenters. The Kier molecular flexibility index (Phi) is 5.82. The van der Waals surface area contributed by atoms with E-state index in [4.69, 9.17) is 9.84 Å². The number of carbonyl (C=O) groups is 1. The van der Waals surface area contributed by atoms with E-state index in [1.807, 2.05) is 44.1 Å². The van der Waals surface area contributed by atoms with Crippen LogP contribution >= 0.6 is 15.9 Å². The first-order valence-electron chi connectivity index (χ1n) is 6.08. The molecule has 0 heterocycles. The third-order valence-corrected chi connectivity index (χ3v) is 3.73. The number of halogens is 1. The predicted octanol–water partition coefficient (Wildman–Crippen LogP) is 3.17. The van der Waals surface area contributed by atoms with Crippen LogP contribution in [0.3, 0.4) is 0 Å². The van der Waals surface area contributed by atoms with Gasteiger partial charge in [0.25, 0.3) is 0 Å². The average molecular weight is 330 g/mol. The van der Waals surface area contributed by atoms with Gasteiger partial charge in [-0.15, -0.1) is 0 Å². The number of aliphatic carboxylic acids is 1. The Hall–Kier alpha value is -1.07. The molecule has 2 unspecified atom stereocenters. The summed E-state index contributed by atoms with van der Waals surface area (Å²) in [5.74, 6) is 0.0202. The maximum absolute atomic E-state index is 10.9. The summed E-state index contributed by atoms with van der Waals surface area (Å²) in [5.41, 5.74) is 1.08. The summed E-state index contributed by atoms with van der Waals surface area (Å²) in [6, 6.07) is 5.91. The Balaban J connectivity index is 3.05. The molecule has 106 valence electrons. The lowest BCUT2D eigenvalue weighted by Crippen LogP contribution is -2.27. The Labute approximate surface area is 122 Å². The van der Waals surface area contributed by atoms with Crippen molar-refractivity contribution >= 4 is 21.9 Å². The molecular formula is C14H20BrNO3. The Bertz CT molecular complexity index is 448. The lowest BCUT2D eigenvalue weighted by molar-refractivity contribution is -0.138. The molecule has 0 aliphatic carbocycles. The predicted molar refractivity (Wildman–Crippen MR) is 78.5 cm³/mol. The molecule has 4 nitrogen and oxygen atoms in total. The molecule has 1 aromatic rings. The maximum Gasteiger partial charge on any atom is 0.303 e. The molecule has 0 aliphatic rings. The third kappa shape index (κ3) is 4.21. The molecule has 0 bridgehead atoms. The molecule has 0 saturated carbocycles. The van der Waals surface area contributed by atoms with E-state index in [1.165, 1.54) is 0 Å². The Morgan fingerprint density at radius 2 is 2.11 bits per heavy atom. The van der Waals surface area contributed by atoms with E-state index in [0.29, 0.717) is 0 Å². The highest BCUT2D eigenvalue weighted by Crippen LogP contribution is 2.34. The van der Waals surface area contributed by atoms with Crippen molar-refractivity contribution in [1.82, 2.24) is 4.90 Å². The van der Waals surface area contributed by atoms with Gasteiger partial charge in [0.1, 0.15) is 5.75 Å². The van der Waals surface area contributed by atoms with Gasteiger partial charge < -0.3 is 14.7 Å². The number of benzene rings is 1. The van der Waals surface area contributed by atoms with Crippen LogP contribution in [-0.2, 0) is 4.79 Å². The van der Waals surface area contributed by atoms with Crippen molar-refractivity contribution in [2.45, 2.75) is 19.4 Å². The standard InChI is InChI=1S/C14H20BrNO3/c1-9(7-13(17)18)14(16(2)3)10-5-6-12(19-4)11(15)8-10/h5-6,8-9,14H,7H2,1-4H3,(H,17,18). The lowest BCUT2D eigenvalue weighted by atomic mass is 9.91. The number of methoxy groups -OCH3 is 1. The van der Waals surface area contributed by atoms with Gasteiger partial charge in [0.05, 0.1) is 11.6 Å². The van der Waals surface area contributed by atoms with Crippen LogP contribution in [0.15, 0.2) is 22.7 Å². The van der Waals surface area contributed by atoms with Crippen LogP contribution in [-0.4, -0.2) is 37.2 Å². The normalized spacial score (nSPS) is 14.2. The van der Waals surface area contributed by atoms with E-state index in [-0.39, 0.29) is 18.4 Å². The first kappa shape index (κ1) is 16.0. The number of carboxylic acids is 1. The minimum absolute atomic E-state index is 0.0211. The summed E-state index contributed by atoms with van der Waals surface area (Å²) < 4.78 is 6.09. The van der Waals surface area contributed by atoms with Crippen molar-refractivity contribution in [3.63, 3.8) is 0 Å². The van der Waals surface area contributed by atoms with Gasteiger partial charge in [0.15, 0.2) is 0 Å². The Morgan fingerprint density at radius 3 is 2.53 bits per heavy atom. The number of carboxylic acid groups (broad SMARTS) is 1. The van der Waals surface area contributed by atoms with E-state index in [1.54, 1.807) is 7.11 Å². The number of hydrogen-bond donors (Lipinski definition) is 1. The molecule has 19 heavy (non-hydrogen) atoms. The quantitative estimate of drug-likeness (QED) is 0.870. The number of nitrogens with zero attached hydrogens (tertiary/aromatic N) is 1. The maximum atomic E-state index is 10.9. The first-order chi connectivity index (χ1) is 8.86. The van der Waals surface area contributed by atoms with Crippen LogP contribution in [0.5, 0.6) is 5.75 Å². The molecular weight excluding hydrogens is 310 g/mol. The first-order valence-corrected chi connectivity index (χ1v) is 6.87. The van der Waals surface area contributed by atoms with Gasteiger partial charge in [0, 0.05) is 12.5 Å². The van der Waals surface area contributed by atoms with Crippen molar-refractivity contribution in [3.8, 4) is 5.75 Å². The van der Waals surface area contributed by atoms with Crippen LogP contribution in [0.4, 0.5) is 0 Å². The second-order valence-corrected chi connectivity index (χ2v) is 5.73. The number of ether oxygens (including phenoxy) is 1. The smallest absolute Gasteiger partial charge is 0.303 e. The highest BCUT2D eigenvalue weighted by atomic mass is 79.9. The lowest BCUT2D eigenvalue weighted by Gasteiger charge is -2.30. The fourth-order valence-electron chi connectivity index (χ4n) is 2.39. The summed E-state index contributed by atoms with van der Waals surface area (Å²) in [6.45, 7) is 1.96. The molecule has 0 aromatic heterocycles. The van der Waals surface area contributed by atoms with Crippen LogP contribution in [0.1, 0.15) is 24.9 Å². The van der Waals surface area contributed by atoms with Crippen molar-refractivity contribution < 1.29 is 14.6 Å². The fourth-order valence-corrected chi connectivity index (χ4v) is 2.95. The van der Waals surface area contributed by atoms with Gasteiger partial charge >= 0.3 is 5.97 Å². The highest BCUT2D eigenvalue weighted by Gasteiger charge is 2.24. The number of rotatable bonds is 6. The molecule has 0 aliphatic heterocycles. The molecule has 0 saturated heterocycles. The van der Waals surface area contributed by atoms with E-state index >= 15 is 0 Å². The van der Waals surface area contributed by atoms with Crippen molar-refractivity contribution in [2.24, 2.45) is 5.92 Å². The van der Waals surface area contributed by atoms with Gasteiger partial charge in [-0.05, 0) is 53.6 Å². The molecule has 5 heteroatoms. The minimum atomic E-state index is -0.771. The zero-order valence-corrected chi connectivity index (χ0v) is 13.3. The van der Waals surface area contributed by atoms with E-state index < -0.39 is 5.97 Å². The molecule has 0 fully saturated rings. The topological polar surface area (TPSA) is 49.8 Å². The van der Waals surface area contributed by atoms with Crippen LogP contribution < -0.4 is 4.74 Å². The minimum Gasteiger partial charge on any atom is -0.496 e. The monoisotopic (exact) mass is 329 g/mol. The van der Waals surface area contributed by atoms with E-state index in [2.05, 4.69) is 15.9 Å². The zero-order valence-electron chi connectivity index (χ0n) is 11.7. The van der Waals surface area contributed by atoms with Crippen molar-refractivity contribution in [1.29, 1.82) is 0 Å². The van der Waals surface area contributed by atoms with Crippen LogP contribution in [0.25, 0.3) is 0 Å². The number of hydrogen-bond acceptors (Lipinski definition) is 3. The summed E-state index contributed by atoms with van der Waals surface area (Å²) in [4.78, 5) is 12.9. The van der Waals surface area contributed by atoms with E-state index in [9.17, 15) is 4.79 Å². The van der Waals surface area contributed by atoms with Gasteiger partial charge in [-0.1, -0.05) is 13.0 Å². The molecule has 1 N–H and O–H groups in total. The van der Waals surface area contributed by atoms with Gasteiger partial charge in [-0.3, -0.25) is 4.79 Å². The van der Waals surface area contributed by atoms with Crippen LogP contribution in [0, 0.1) is 5.92 Å². The summed E-state index contributed by atoms with van der Waals surface area (Å²) >= 11 is 3.46. The fraction of sp³-hybridized carbons (Fsp3) is 0.500. The summed E-state index contributed by atoms with van der Waals surface area (Å²) in [5, 5.41) is 8.95. The van der Waals surface area contributed by atoms with Gasteiger partial charge in [0.2, 0.25) is 0 Å². The SMILES string of the molecule is COc1ccc(C(C(C)CC(=O)O)N(C)C)cc1Br. The van der Waals surface area contributed by atoms with Crippen molar-refractivity contribution in [2.75, 3.05) is 21.2 Å². The van der Waals surface area contributed by atoms with Gasteiger partial charge in [-0.2, -0.15) is 0 Å². The summed E-state index contributed by atoms with van der Waals surface area (Å²) in [6.07, 6.45) is 0.145. The van der Waals surface area contributed by atoms with E-state index in [0.717, 1.165) is 15.8 Å². The second kappa shape index (κ2) is 6.91. The highest BCUT2D eigenvalue weighted by molar-refractivity contribution is 9.10. The van der Waals surface area contributed by atoms with Crippen LogP contribution in [0.2, 0.25) is 0 Å². The average Bonchev–Trinajstić information content (AvgIpc) is 2.27. The third-order valence-electron chi connectivity index (χ3n) is 3.11.